The zero-order valence-corrected chi connectivity index (χ0v) is 22.0. The molecule has 0 aliphatic heterocycles. The summed E-state index contributed by atoms with van der Waals surface area (Å²) in [5.74, 6) is -0.776. The highest BCUT2D eigenvalue weighted by Gasteiger charge is 2.32. The monoisotopic (exact) mass is 507 g/mol. The number of sulfonamides is 1. The average Bonchev–Trinajstić information content (AvgIpc) is 2.88. The van der Waals surface area contributed by atoms with Crippen molar-refractivity contribution < 1.29 is 18.0 Å². The van der Waals surface area contributed by atoms with Gasteiger partial charge in [-0.1, -0.05) is 66.2 Å². The minimum absolute atomic E-state index is 0.0907. The van der Waals surface area contributed by atoms with Crippen LogP contribution in [0.15, 0.2) is 83.8 Å². The summed E-state index contributed by atoms with van der Waals surface area (Å²) in [6.07, 6.45) is 0.531. The van der Waals surface area contributed by atoms with Crippen LogP contribution in [-0.4, -0.2) is 51.3 Å². The third kappa shape index (κ3) is 6.31. The van der Waals surface area contributed by atoms with Crippen molar-refractivity contribution in [1.82, 2.24) is 10.2 Å². The Kier molecular flexibility index (Phi) is 8.88. The number of likely N-dealkylation sites (N-methyl/N-ethyl adjacent to an activating group) is 1. The van der Waals surface area contributed by atoms with Crippen molar-refractivity contribution >= 4 is 27.5 Å². The molecule has 0 radical (unpaired) electrons. The van der Waals surface area contributed by atoms with Crippen molar-refractivity contribution in [3.8, 4) is 0 Å². The van der Waals surface area contributed by atoms with E-state index in [-0.39, 0.29) is 17.3 Å². The number of aryl methyl sites for hydroxylation is 2. The lowest BCUT2D eigenvalue weighted by atomic mass is 10.1. The van der Waals surface area contributed by atoms with Crippen LogP contribution in [0.3, 0.4) is 0 Å². The molecule has 3 rings (SSSR count). The molecule has 0 unspecified atom stereocenters. The van der Waals surface area contributed by atoms with Crippen molar-refractivity contribution in [1.29, 1.82) is 0 Å². The first-order valence-electron chi connectivity index (χ1n) is 11.8. The summed E-state index contributed by atoms with van der Waals surface area (Å²) in [5, 5.41) is 2.59. The average molecular weight is 508 g/mol. The summed E-state index contributed by atoms with van der Waals surface area (Å²) >= 11 is 0. The number of carbonyl (C=O) groups excluding carboxylic acids is 2. The third-order valence-electron chi connectivity index (χ3n) is 6.13. The van der Waals surface area contributed by atoms with E-state index in [4.69, 9.17) is 0 Å². The first-order chi connectivity index (χ1) is 17.1. The maximum Gasteiger partial charge on any atom is 0.264 e. The summed E-state index contributed by atoms with van der Waals surface area (Å²) < 4.78 is 28.6. The number of nitrogens with zero attached hydrogens (tertiary/aromatic N) is 2. The molecule has 2 amide bonds. The van der Waals surface area contributed by atoms with E-state index >= 15 is 0 Å². The van der Waals surface area contributed by atoms with Gasteiger partial charge in [0, 0.05) is 13.6 Å². The van der Waals surface area contributed by atoms with E-state index < -0.39 is 28.5 Å². The lowest BCUT2D eigenvalue weighted by Gasteiger charge is -2.32. The molecule has 1 atom stereocenters. The van der Waals surface area contributed by atoms with E-state index in [1.165, 1.54) is 24.1 Å². The Hall–Kier alpha value is -3.65. The first-order valence-corrected chi connectivity index (χ1v) is 13.3. The molecule has 0 saturated heterocycles. The lowest BCUT2D eigenvalue weighted by Crippen LogP contribution is -2.51. The Morgan fingerprint density at radius 1 is 0.917 bits per heavy atom. The van der Waals surface area contributed by atoms with Crippen LogP contribution in [0.2, 0.25) is 0 Å². The predicted octanol–water partition coefficient (Wildman–Crippen LogP) is 3.70. The molecule has 36 heavy (non-hydrogen) atoms. The maximum absolute atomic E-state index is 13.7. The maximum atomic E-state index is 13.7. The fourth-order valence-corrected chi connectivity index (χ4v) is 5.60. The number of benzene rings is 3. The Morgan fingerprint density at radius 3 is 2.11 bits per heavy atom. The molecule has 1 N–H and O–H groups in total. The highest BCUT2D eigenvalue weighted by atomic mass is 32.2. The van der Waals surface area contributed by atoms with Gasteiger partial charge in [-0.3, -0.25) is 13.9 Å². The second-order valence-electron chi connectivity index (χ2n) is 8.73. The molecule has 8 heteroatoms. The Labute approximate surface area is 213 Å². The number of rotatable bonds is 10. The molecule has 0 bridgehead atoms. The number of anilines is 1. The zero-order valence-electron chi connectivity index (χ0n) is 21.1. The summed E-state index contributed by atoms with van der Waals surface area (Å²) in [6.45, 7) is 5.23. The van der Waals surface area contributed by atoms with Gasteiger partial charge in [0.2, 0.25) is 11.8 Å². The lowest BCUT2D eigenvalue weighted by molar-refractivity contribution is -0.138. The quantitative estimate of drug-likeness (QED) is 0.453. The van der Waals surface area contributed by atoms with Gasteiger partial charge in [0.25, 0.3) is 10.0 Å². The Morgan fingerprint density at radius 2 is 1.53 bits per heavy atom. The normalized spacial score (nSPS) is 12.0. The molecule has 3 aromatic carbocycles. The summed E-state index contributed by atoms with van der Waals surface area (Å²) in [7, 11) is -2.54. The van der Waals surface area contributed by atoms with Crippen LogP contribution in [0.1, 0.15) is 23.6 Å². The van der Waals surface area contributed by atoms with Crippen LogP contribution in [0.25, 0.3) is 0 Å². The van der Waals surface area contributed by atoms with Crippen molar-refractivity contribution in [2.45, 2.75) is 38.1 Å². The van der Waals surface area contributed by atoms with Crippen molar-refractivity contribution in [2.24, 2.45) is 0 Å². The van der Waals surface area contributed by atoms with Gasteiger partial charge in [-0.2, -0.15) is 0 Å². The molecule has 0 aliphatic rings. The predicted molar refractivity (Wildman–Crippen MR) is 142 cm³/mol. The second kappa shape index (κ2) is 11.9. The minimum atomic E-state index is -4.05. The number of hydrogen-bond donors (Lipinski definition) is 1. The molecule has 0 spiro atoms. The minimum Gasteiger partial charge on any atom is -0.357 e. The number of hydrogen-bond acceptors (Lipinski definition) is 4. The molecule has 0 heterocycles. The Bertz CT molecular complexity index is 1290. The fourth-order valence-electron chi connectivity index (χ4n) is 4.10. The number of carbonyl (C=O) groups is 2. The van der Waals surface area contributed by atoms with Gasteiger partial charge in [0.05, 0.1) is 10.6 Å². The standard InChI is InChI=1S/C28H33N3O4S/c1-21-15-16-26(22(2)19-21)31(36(34,35)25-13-9-6-10-14-25)20-27(32)30(23(3)28(33)29-4)18-17-24-11-7-5-8-12-24/h5-16,19,23H,17-18,20H2,1-4H3,(H,29,33)/t23-/m1/s1. The molecule has 0 aromatic heterocycles. The van der Waals surface area contributed by atoms with Crippen LogP contribution in [0, 0.1) is 13.8 Å². The smallest absolute Gasteiger partial charge is 0.264 e. The van der Waals surface area contributed by atoms with E-state index in [0.29, 0.717) is 12.1 Å². The van der Waals surface area contributed by atoms with E-state index in [0.717, 1.165) is 21.0 Å². The van der Waals surface area contributed by atoms with E-state index in [1.54, 1.807) is 31.2 Å². The second-order valence-corrected chi connectivity index (χ2v) is 10.6. The highest BCUT2D eigenvalue weighted by molar-refractivity contribution is 7.92. The SMILES string of the molecule is CNC(=O)[C@@H](C)N(CCc1ccccc1)C(=O)CN(c1ccc(C)cc1C)S(=O)(=O)c1ccccc1. The van der Waals surface area contributed by atoms with Gasteiger partial charge in [-0.25, -0.2) is 8.42 Å². The van der Waals surface area contributed by atoms with Crippen LogP contribution in [0.5, 0.6) is 0 Å². The molecule has 190 valence electrons. The molecular weight excluding hydrogens is 474 g/mol. The molecule has 0 fully saturated rings. The largest absolute Gasteiger partial charge is 0.357 e. The Balaban J connectivity index is 1.99. The molecule has 3 aromatic rings. The first kappa shape index (κ1) is 26.9. The molecule has 0 aliphatic carbocycles. The summed E-state index contributed by atoms with van der Waals surface area (Å²) in [6, 6.07) is 22.4. The van der Waals surface area contributed by atoms with Crippen LogP contribution in [0.4, 0.5) is 5.69 Å². The van der Waals surface area contributed by atoms with Gasteiger partial charge < -0.3 is 10.2 Å². The highest BCUT2D eigenvalue weighted by Crippen LogP contribution is 2.28. The van der Waals surface area contributed by atoms with E-state index in [9.17, 15) is 18.0 Å². The number of nitrogens with one attached hydrogen (secondary N) is 1. The summed E-state index contributed by atoms with van der Waals surface area (Å²) in [4.78, 5) is 27.7. The van der Waals surface area contributed by atoms with Crippen LogP contribution >= 0.6 is 0 Å². The van der Waals surface area contributed by atoms with Gasteiger partial charge in [-0.05, 0) is 56.5 Å². The number of amides is 2. The van der Waals surface area contributed by atoms with Gasteiger partial charge in [0.15, 0.2) is 0 Å². The topological polar surface area (TPSA) is 86.8 Å². The van der Waals surface area contributed by atoms with E-state index in [2.05, 4.69) is 5.32 Å². The van der Waals surface area contributed by atoms with E-state index in [1.807, 2.05) is 56.3 Å². The van der Waals surface area contributed by atoms with Gasteiger partial charge in [-0.15, -0.1) is 0 Å². The van der Waals surface area contributed by atoms with Gasteiger partial charge in [0.1, 0.15) is 12.6 Å². The fraction of sp³-hybridized carbons (Fsp3) is 0.286. The molecule has 0 saturated carbocycles. The molecule has 7 nitrogen and oxygen atoms in total. The van der Waals surface area contributed by atoms with Crippen molar-refractivity contribution in [2.75, 3.05) is 24.4 Å². The van der Waals surface area contributed by atoms with Crippen LogP contribution < -0.4 is 9.62 Å². The third-order valence-corrected chi connectivity index (χ3v) is 7.90. The summed E-state index contributed by atoms with van der Waals surface area (Å²) in [5.41, 5.74) is 3.16. The van der Waals surface area contributed by atoms with Crippen molar-refractivity contribution in [3.63, 3.8) is 0 Å². The molecular formula is C28H33N3O4S. The van der Waals surface area contributed by atoms with Crippen LogP contribution in [-0.2, 0) is 26.0 Å². The van der Waals surface area contributed by atoms with Gasteiger partial charge >= 0.3 is 0 Å². The van der Waals surface area contributed by atoms with Crippen molar-refractivity contribution in [3.05, 3.63) is 95.6 Å². The zero-order chi connectivity index (χ0) is 26.3.